The lowest BCUT2D eigenvalue weighted by Gasteiger charge is -2.23. The van der Waals surface area contributed by atoms with Crippen molar-refractivity contribution >= 4 is 23.4 Å². The monoisotopic (exact) mass is 208 g/mol. The van der Waals surface area contributed by atoms with Crippen LogP contribution in [-0.2, 0) is 4.79 Å². The summed E-state index contributed by atoms with van der Waals surface area (Å²) in [6, 6.07) is 9.91. The van der Waals surface area contributed by atoms with E-state index in [1.165, 1.54) is 0 Å². The number of amides is 1. The van der Waals surface area contributed by atoms with Gasteiger partial charge in [0.2, 0.25) is 0 Å². The van der Waals surface area contributed by atoms with Gasteiger partial charge in [-0.25, -0.2) is 0 Å². The van der Waals surface area contributed by atoms with Crippen molar-refractivity contribution in [1.29, 1.82) is 0 Å². The van der Waals surface area contributed by atoms with E-state index in [4.69, 9.17) is 5.73 Å². The number of hydrogen-bond donors (Lipinski definition) is 1. The lowest BCUT2D eigenvalue weighted by molar-refractivity contribution is -0.117. The highest BCUT2D eigenvalue weighted by atomic mass is 32.2. The number of nitrogens with two attached hydrogens (primary N) is 1. The molecule has 14 heavy (non-hydrogen) atoms. The summed E-state index contributed by atoms with van der Waals surface area (Å²) in [6.07, 6.45) is 0. The van der Waals surface area contributed by atoms with E-state index in [1.807, 2.05) is 35.2 Å². The molecular formula is C10H12N2OS. The van der Waals surface area contributed by atoms with Gasteiger partial charge in [-0.2, -0.15) is 0 Å². The molecule has 1 aromatic carbocycles. The molecule has 1 amide bonds. The Hall–Kier alpha value is -1.16. The van der Waals surface area contributed by atoms with Crippen molar-refractivity contribution in [2.24, 2.45) is 5.73 Å². The van der Waals surface area contributed by atoms with Gasteiger partial charge in [0.05, 0.1) is 0 Å². The lowest BCUT2D eigenvalue weighted by atomic mass is 10.3. The zero-order chi connectivity index (χ0) is 9.97. The number of carbonyl (C=O) groups is 1. The molecule has 0 unspecified atom stereocenters. The average Bonchev–Trinajstić information content (AvgIpc) is 2.67. The number of para-hydroxylation sites is 1. The van der Waals surface area contributed by atoms with E-state index in [0.29, 0.717) is 0 Å². The molecule has 0 radical (unpaired) electrons. The van der Waals surface area contributed by atoms with Gasteiger partial charge in [0.15, 0.2) is 5.37 Å². The van der Waals surface area contributed by atoms with Crippen molar-refractivity contribution < 1.29 is 4.79 Å². The van der Waals surface area contributed by atoms with Crippen LogP contribution in [0.25, 0.3) is 0 Å². The summed E-state index contributed by atoms with van der Waals surface area (Å²) in [5, 5.41) is -0.197. The Bertz CT molecular complexity index is 328. The minimum atomic E-state index is -0.253. The van der Waals surface area contributed by atoms with Crippen molar-refractivity contribution in [1.82, 2.24) is 0 Å². The first kappa shape index (κ1) is 9.40. The number of benzene rings is 1. The molecule has 1 fully saturated rings. The molecule has 3 nitrogen and oxygen atoms in total. The first-order chi connectivity index (χ1) is 6.79. The number of hydrogen-bond acceptors (Lipinski definition) is 3. The second-order valence-electron chi connectivity index (χ2n) is 3.15. The number of carbonyl (C=O) groups excluding carboxylic acids is 1. The number of rotatable bonds is 2. The molecule has 1 saturated heterocycles. The van der Waals surface area contributed by atoms with Crippen LogP contribution < -0.4 is 10.6 Å². The molecule has 1 aliphatic rings. The van der Waals surface area contributed by atoms with E-state index in [9.17, 15) is 4.79 Å². The smallest absolute Gasteiger partial charge is 0.250 e. The van der Waals surface area contributed by atoms with E-state index in [2.05, 4.69) is 0 Å². The Morgan fingerprint density at radius 2 is 2.14 bits per heavy atom. The maximum atomic E-state index is 11.1. The number of primary amides is 1. The molecule has 0 bridgehead atoms. The number of anilines is 1. The quantitative estimate of drug-likeness (QED) is 0.790. The average molecular weight is 208 g/mol. The second-order valence-corrected chi connectivity index (χ2v) is 4.34. The van der Waals surface area contributed by atoms with Crippen molar-refractivity contribution in [2.45, 2.75) is 5.37 Å². The van der Waals surface area contributed by atoms with Crippen LogP contribution in [0.5, 0.6) is 0 Å². The van der Waals surface area contributed by atoms with Crippen molar-refractivity contribution in [3.05, 3.63) is 30.3 Å². The first-order valence-electron chi connectivity index (χ1n) is 4.51. The maximum absolute atomic E-state index is 11.1. The van der Waals surface area contributed by atoms with Gasteiger partial charge in [-0.15, -0.1) is 11.8 Å². The van der Waals surface area contributed by atoms with Gasteiger partial charge >= 0.3 is 0 Å². The minimum absolute atomic E-state index is 0.197. The Labute approximate surface area is 87.3 Å². The zero-order valence-electron chi connectivity index (χ0n) is 7.72. The number of thioether (sulfide) groups is 1. The van der Waals surface area contributed by atoms with E-state index >= 15 is 0 Å². The molecule has 0 spiro atoms. The highest BCUT2D eigenvalue weighted by Gasteiger charge is 2.29. The van der Waals surface area contributed by atoms with Crippen molar-refractivity contribution in [2.75, 3.05) is 17.2 Å². The summed E-state index contributed by atoms with van der Waals surface area (Å²) in [6.45, 7) is 0.891. The third-order valence-electron chi connectivity index (χ3n) is 2.22. The molecule has 0 aliphatic carbocycles. The largest absolute Gasteiger partial charge is 0.367 e. The first-order valence-corrected chi connectivity index (χ1v) is 5.56. The summed E-state index contributed by atoms with van der Waals surface area (Å²) in [5.41, 5.74) is 6.39. The predicted molar refractivity (Wildman–Crippen MR) is 59.2 cm³/mol. The third-order valence-corrected chi connectivity index (χ3v) is 3.44. The van der Waals surface area contributed by atoms with Gasteiger partial charge in [0, 0.05) is 18.0 Å². The number of nitrogens with zero attached hydrogens (tertiary/aromatic N) is 1. The van der Waals surface area contributed by atoms with E-state index in [-0.39, 0.29) is 11.3 Å². The van der Waals surface area contributed by atoms with Crippen LogP contribution in [0.1, 0.15) is 0 Å². The van der Waals surface area contributed by atoms with Crippen LogP contribution in [0, 0.1) is 0 Å². The third kappa shape index (κ3) is 1.70. The Morgan fingerprint density at radius 1 is 1.43 bits per heavy atom. The maximum Gasteiger partial charge on any atom is 0.250 e. The molecule has 4 heteroatoms. The summed E-state index contributed by atoms with van der Waals surface area (Å²) >= 11 is 1.60. The molecule has 1 aromatic rings. The van der Waals surface area contributed by atoms with Crippen LogP contribution in [0.4, 0.5) is 5.69 Å². The van der Waals surface area contributed by atoms with Crippen molar-refractivity contribution in [3.63, 3.8) is 0 Å². The van der Waals surface area contributed by atoms with Gasteiger partial charge in [-0.05, 0) is 12.1 Å². The lowest BCUT2D eigenvalue weighted by Crippen LogP contribution is -2.38. The van der Waals surface area contributed by atoms with Crippen LogP contribution >= 0.6 is 11.8 Å². The van der Waals surface area contributed by atoms with Gasteiger partial charge < -0.3 is 10.6 Å². The standard InChI is InChI=1S/C10H12N2OS/c11-9(13)10-12(6-7-14-10)8-4-2-1-3-5-8/h1-5,10H,6-7H2,(H2,11,13)/t10-/m1/s1. The Morgan fingerprint density at radius 3 is 2.79 bits per heavy atom. The zero-order valence-corrected chi connectivity index (χ0v) is 8.54. The van der Waals surface area contributed by atoms with Crippen LogP contribution in [-0.4, -0.2) is 23.6 Å². The predicted octanol–water partition coefficient (Wildman–Crippen LogP) is 1.05. The Balaban J connectivity index is 2.22. The molecular weight excluding hydrogens is 196 g/mol. The summed E-state index contributed by atoms with van der Waals surface area (Å²) < 4.78 is 0. The fourth-order valence-electron chi connectivity index (χ4n) is 1.59. The van der Waals surface area contributed by atoms with Gasteiger partial charge in [-0.1, -0.05) is 18.2 Å². The van der Waals surface area contributed by atoms with Crippen LogP contribution in [0.2, 0.25) is 0 Å². The Kier molecular flexibility index (Phi) is 2.63. The molecule has 2 rings (SSSR count). The highest BCUT2D eigenvalue weighted by Crippen LogP contribution is 2.28. The highest BCUT2D eigenvalue weighted by molar-refractivity contribution is 8.01. The summed E-state index contributed by atoms with van der Waals surface area (Å²) in [7, 11) is 0. The normalized spacial score (nSPS) is 21.1. The molecule has 0 aromatic heterocycles. The van der Waals surface area contributed by atoms with Gasteiger partial charge in [0.1, 0.15) is 0 Å². The summed E-state index contributed by atoms with van der Waals surface area (Å²) in [5.74, 6) is 0.707. The molecule has 1 atom stereocenters. The fourth-order valence-corrected chi connectivity index (χ4v) is 2.69. The molecule has 0 saturated carbocycles. The SMILES string of the molecule is NC(=O)[C@H]1SCCN1c1ccccc1. The van der Waals surface area contributed by atoms with Crippen LogP contribution in [0.15, 0.2) is 30.3 Å². The van der Waals surface area contributed by atoms with E-state index < -0.39 is 0 Å². The van der Waals surface area contributed by atoms with Crippen molar-refractivity contribution in [3.8, 4) is 0 Å². The molecule has 74 valence electrons. The topological polar surface area (TPSA) is 46.3 Å². The fraction of sp³-hybridized carbons (Fsp3) is 0.300. The van der Waals surface area contributed by atoms with Gasteiger partial charge in [0.25, 0.3) is 5.91 Å². The molecule has 2 N–H and O–H groups in total. The van der Waals surface area contributed by atoms with Gasteiger partial charge in [-0.3, -0.25) is 4.79 Å². The second kappa shape index (κ2) is 3.92. The molecule has 1 heterocycles. The summed E-state index contributed by atoms with van der Waals surface area (Å²) in [4.78, 5) is 13.2. The van der Waals surface area contributed by atoms with E-state index in [1.54, 1.807) is 11.8 Å². The van der Waals surface area contributed by atoms with Crippen LogP contribution in [0.3, 0.4) is 0 Å². The minimum Gasteiger partial charge on any atom is -0.367 e. The van der Waals surface area contributed by atoms with E-state index in [0.717, 1.165) is 18.0 Å². The molecule has 1 aliphatic heterocycles.